The van der Waals surface area contributed by atoms with Gasteiger partial charge in [0.2, 0.25) is 0 Å². The Morgan fingerprint density at radius 2 is 2.05 bits per heavy atom. The second-order valence-corrected chi connectivity index (χ2v) is 6.72. The van der Waals surface area contributed by atoms with Crippen LogP contribution >= 0.6 is 11.6 Å². The first kappa shape index (κ1) is 16.2. The number of fused-ring (bicyclic) bond motifs is 1. The largest absolute Gasteiger partial charge is 0.492 e. The highest BCUT2D eigenvalue weighted by Crippen LogP contribution is 2.33. The van der Waals surface area contributed by atoms with Crippen LogP contribution in [0.15, 0.2) is 18.2 Å². The molecule has 116 valence electrons. The van der Waals surface area contributed by atoms with Crippen LogP contribution in [-0.4, -0.2) is 16.2 Å². The number of halogens is 1. The lowest BCUT2D eigenvalue weighted by Crippen LogP contribution is -2.26. The first-order chi connectivity index (χ1) is 9.90. The zero-order valence-corrected chi connectivity index (χ0v) is 14.4. The van der Waals surface area contributed by atoms with Crippen molar-refractivity contribution in [3.63, 3.8) is 0 Å². The minimum Gasteiger partial charge on any atom is -0.492 e. The molecule has 2 aromatic rings. The standard InChI is InChI=1S/C17H25ClN2O/c1-6-21-14-9-7-8-13-16(14)19-15(10-18)20(13)11-17(4,5)12(2)3/h7-9,12H,6,10-11H2,1-5H3. The van der Waals surface area contributed by atoms with E-state index in [-0.39, 0.29) is 5.41 Å². The van der Waals surface area contributed by atoms with Gasteiger partial charge in [0.25, 0.3) is 0 Å². The third kappa shape index (κ3) is 3.18. The molecule has 0 amide bonds. The fraction of sp³-hybridized carbons (Fsp3) is 0.588. The number of rotatable bonds is 6. The van der Waals surface area contributed by atoms with E-state index in [1.165, 1.54) is 0 Å². The predicted molar refractivity (Wildman–Crippen MR) is 89.1 cm³/mol. The molecular weight excluding hydrogens is 284 g/mol. The Labute approximate surface area is 132 Å². The first-order valence-corrected chi connectivity index (χ1v) is 8.11. The van der Waals surface area contributed by atoms with Crippen LogP contribution in [0.1, 0.15) is 40.4 Å². The Morgan fingerprint density at radius 3 is 2.62 bits per heavy atom. The van der Waals surface area contributed by atoms with Gasteiger partial charge in [-0.2, -0.15) is 0 Å². The minimum absolute atomic E-state index is 0.177. The Morgan fingerprint density at radius 1 is 1.33 bits per heavy atom. The van der Waals surface area contributed by atoms with Crippen molar-refractivity contribution in [1.29, 1.82) is 0 Å². The molecule has 0 fully saturated rings. The maximum Gasteiger partial charge on any atom is 0.147 e. The summed E-state index contributed by atoms with van der Waals surface area (Å²) >= 11 is 6.12. The van der Waals surface area contributed by atoms with Gasteiger partial charge in [-0.3, -0.25) is 0 Å². The first-order valence-electron chi connectivity index (χ1n) is 7.57. The molecule has 2 rings (SSSR count). The highest BCUT2D eigenvalue weighted by molar-refractivity contribution is 6.16. The van der Waals surface area contributed by atoms with Crippen LogP contribution in [0.3, 0.4) is 0 Å². The molecule has 0 saturated carbocycles. The second-order valence-electron chi connectivity index (χ2n) is 6.45. The molecule has 4 heteroatoms. The molecule has 0 aliphatic carbocycles. The van der Waals surface area contributed by atoms with Crippen molar-refractivity contribution in [1.82, 2.24) is 9.55 Å². The van der Waals surface area contributed by atoms with Gasteiger partial charge in [-0.15, -0.1) is 11.6 Å². The third-order valence-electron chi connectivity index (χ3n) is 4.37. The van der Waals surface area contributed by atoms with E-state index < -0.39 is 0 Å². The van der Waals surface area contributed by atoms with Crippen LogP contribution in [0.5, 0.6) is 5.75 Å². The molecule has 0 radical (unpaired) electrons. The molecule has 0 saturated heterocycles. The summed E-state index contributed by atoms with van der Waals surface area (Å²) in [6.45, 7) is 12.6. The maximum atomic E-state index is 6.12. The van der Waals surface area contributed by atoms with Gasteiger partial charge in [-0.25, -0.2) is 4.98 Å². The summed E-state index contributed by atoms with van der Waals surface area (Å²) in [6, 6.07) is 6.08. The number of nitrogens with zero attached hydrogens (tertiary/aromatic N) is 2. The van der Waals surface area contributed by atoms with E-state index in [9.17, 15) is 0 Å². The Kier molecular flexibility index (Phi) is 4.82. The summed E-state index contributed by atoms with van der Waals surface area (Å²) < 4.78 is 7.93. The zero-order valence-electron chi connectivity index (χ0n) is 13.6. The highest BCUT2D eigenvalue weighted by Gasteiger charge is 2.25. The maximum absolute atomic E-state index is 6.12. The fourth-order valence-electron chi connectivity index (χ4n) is 2.31. The van der Waals surface area contributed by atoms with E-state index in [1.54, 1.807) is 0 Å². The molecule has 3 nitrogen and oxygen atoms in total. The molecular formula is C17H25ClN2O. The van der Waals surface area contributed by atoms with Crippen LogP contribution < -0.4 is 4.74 Å². The number of aromatic nitrogens is 2. The van der Waals surface area contributed by atoms with Gasteiger partial charge in [0, 0.05) is 6.54 Å². The van der Waals surface area contributed by atoms with E-state index in [0.29, 0.717) is 18.4 Å². The number of ether oxygens (including phenoxy) is 1. The van der Waals surface area contributed by atoms with Crippen LogP contribution in [0.25, 0.3) is 11.0 Å². The topological polar surface area (TPSA) is 27.1 Å². The summed E-state index contributed by atoms with van der Waals surface area (Å²) in [7, 11) is 0. The Balaban J connectivity index is 2.54. The third-order valence-corrected chi connectivity index (χ3v) is 4.61. The van der Waals surface area contributed by atoms with Crippen molar-refractivity contribution in [2.45, 2.75) is 47.0 Å². The van der Waals surface area contributed by atoms with E-state index >= 15 is 0 Å². The fourth-order valence-corrected chi connectivity index (χ4v) is 2.51. The second kappa shape index (κ2) is 6.27. The van der Waals surface area contributed by atoms with E-state index in [1.807, 2.05) is 19.1 Å². The van der Waals surface area contributed by atoms with Crippen molar-refractivity contribution in [3.05, 3.63) is 24.0 Å². The van der Waals surface area contributed by atoms with E-state index in [2.05, 4.69) is 38.3 Å². The van der Waals surface area contributed by atoms with Crippen molar-refractivity contribution >= 4 is 22.6 Å². The van der Waals surface area contributed by atoms with Gasteiger partial charge in [0.1, 0.15) is 17.1 Å². The van der Waals surface area contributed by atoms with Crippen molar-refractivity contribution in [2.75, 3.05) is 6.61 Å². The highest BCUT2D eigenvalue weighted by atomic mass is 35.5. The minimum atomic E-state index is 0.177. The van der Waals surface area contributed by atoms with Crippen molar-refractivity contribution in [2.24, 2.45) is 11.3 Å². The summed E-state index contributed by atoms with van der Waals surface area (Å²) in [4.78, 5) is 4.70. The smallest absolute Gasteiger partial charge is 0.147 e. The summed E-state index contributed by atoms with van der Waals surface area (Å²) in [5.74, 6) is 2.73. The lowest BCUT2D eigenvalue weighted by atomic mass is 9.81. The summed E-state index contributed by atoms with van der Waals surface area (Å²) in [6.07, 6.45) is 0. The van der Waals surface area contributed by atoms with Crippen LogP contribution in [-0.2, 0) is 12.4 Å². The average Bonchev–Trinajstić information content (AvgIpc) is 2.78. The SMILES string of the molecule is CCOc1cccc2c1nc(CCl)n2CC(C)(C)C(C)C. The lowest BCUT2D eigenvalue weighted by Gasteiger charge is -2.30. The molecule has 0 N–H and O–H groups in total. The van der Waals surface area contributed by atoms with Gasteiger partial charge in [0.15, 0.2) is 0 Å². The number of para-hydroxylation sites is 1. The zero-order chi connectivity index (χ0) is 15.6. The molecule has 0 spiro atoms. The van der Waals surface area contributed by atoms with Gasteiger partial charge in [-0.05, 0) is 30.4 Å². The van der Waals surface area contributed by atoms with Crippen LogP contribution in [0.2, 0.25) is 0 Å². The number of hydrogen-bond acceptors (Lipinski definition) is 2. The number of benzene rings is 1. The predicted octanol–water partition coefficient (Wildman–Crippen LogP) is 4.86. The number of alkyl halides is 1. The average molecular weight is 309 g/mol. The summed E-state index contributed by atoms with van der Waals surface area (Å²) in [5, 5.41) is 0. The van der Waals surface area contributed by atoms with Crippen LogP contribution in [0, 0.1) is 11.3 Å². The molecule has 1 aromatic heterocycles. The molecule has 0 unspecified atom stereocenters. The number of imidazole rings is 1. The monoisotopic (exact) mass is 308 g/mol. The van der Waals surface area contributed by atoms with E-state index in [4.69, 9.17) is 21.3 Å². The van der Waals surface area contributed by atoms with Crippen LogP contribution in [0.4, 0.5) is 0 Å². The Hall–Kier alpha value is -1.22. The molecule has 1 aromatic carbocycles. The molecule has 0 atom stereocenters. The molecule has 1 heterocycles. The Bertz CT molecular complexity index is 617. The normalized spacial score (nSPS) is 12.3. The quantitative estimate of drug-likeness (QED) is 0.713. The lowest BCUT2D eigenvalue weighted by molar-refractivity contribution is 0.211. The van der Waals surface area contributed by atoms with Gasteiger partial charge >= 0.3 is 0 Å². The van der Waals surface area contributed by atoms with E-state index in [0.717, 1.165) is 29.2 Å². The van der Waals surface area contributed by atoms with Gasteiger partial charge in [-0.1, -0.05) is 33.8 Å². The molecule has 21 heavy (non-hydrogen) atoms. The van der Waals surface area contributed by atoms with Gasteiger partial charge in [0.05, 0.1) is 18.0 Å². The van der Waals surface area contributed by atoms with Crippen molar-refractivity contribution in [3.8, 4) is 5.75 Å². The van der Waals surface area contributed by atoms with Crippen molar-refractivity contribution < 1.29 is 4.74 Å². The van der Waals surface area contributed by atoms with Gasteiger partial charge < -0.3 is 9.30 Å². The molecule has 0 aliphatic heterocycles. The molecule has 0 bridgehead atoms. The molecule has 0 aliphatic rings. The number of hydrogen-bond donors (Lipinski definition) is 0. The summed E-state index contributed by atoms with van der Waals surface area (Å²) in [5.41, 5.74) is 2.19.